The van der Waals surface area contributed by atoms with E-state index < -0.39 is 0 Å². The number of nitrogens with zero attached hydrogens (tertiary/aromatic N) is 1. The summed E-state index contributed by atoms with van der Waals surface area (Å²) in [5.41, 5.74) is 0. The van der Waals surface area contributed by atoms with Crippen LogP contribution in [-0.4, -0.2) is 49.7 Å². The zero-order valence-electron chi connectivity index (χ0n) is 10.8. The van der Waals surface area contributed by atoms with Crippen LogP contribution in [0.4, 0.5) is 0 Å². The van der Waals surface area contributed by atoms with Crippen LogP contribution in [0.15, 0.2) is 0 Å². The monoisotopic (exact) mass is 228 g/mol. The summed E-state index contributed by atoms with van der Waals surface area (Å²) in [6.07, 6.45) is 1.09. The molecule has 0 aromatic heterocycles. The van der Waals surface area contributed by atoms with Crippen molar-refractivity contribution in [1.82, 2.24) is 10.2 Å². The van der Waals surface area contributed by atoms with Crippen LogP contribution in [0.5, 0.6) is 0 Å². The normalized spacial score (nSPS) is 26.8. The van der Waals surface area contributed by atoms with Gasteiger partial charge >= 0.3 is 0 Å². The maximum atomic E-state index is 12.3. The van der Waals surface area contributed by atoms with Gasteiger partial charge in [-0.15, -0.1) is 0 Å². The minimum Gasteiger partial charge on any atom is -0.383 e. The van der Waals surface area contributed by atoms with Gasteiger partial charge < -0.3 is 15.0 Å². The van der Waals surface area contributed by atoms with Crippen LogP contribution in [0.2, 0.25) is 0 Å². The van der Waals surface area contributed by atoms with Crippen LogP contribution in [-0.2, 0) is 9.53 Å². The van der Waals surface area contributed by atoms with Crippen molar-refractivity contribution in [3.63, 3.8) is 0 Å². The average Bonchev–Trinajstić information content (AvgIpc) is 2.65. The molecule has 3 atom stereocenters. The van der Waals surface area contributed by atoms with Gasteiger partial charge in [-0.05, 0) is 32.7 Å². The SMILES string of the molecule is CCN(C(=O)C1NCCC1C)C(C)COC. The van der Waals surface area contributed by atoms with Crippen LogP contribution in [0.25, 0.3) is 0 Å². The van der Waals surface area contributed by atoms with Gasteiger partial charge in [-0.1, -0.05) is 6.92 Å². The predicted molar refractivity (Wildman–Crippen MR) is 64.3 cm³/mol. The van der Waals surface area contributed by atoms with E-state index in [0.29, 0.717) is 12.5 Å². The third kappa shape index (κ3) is 2.95. The lowest BCUT2D eigenvalue weighted by molar-refractivity contribution is -0.136. The molecular weight excluding hydrogens is 204 g/mol. The molecule has 16 heavy (non-hydrogen) atoms. The Morgan fingerprint density at radius 3 is 2.75 bits per heavy atom. The Balaban J connectivity index is 2.61. The van der Waals surface area contributed by atoms with Crippen LogP contribution < -0.4 is 5.32 Å². The summed E-state index contributed by atoms with van der Waals surface area (Å²) < 4.78 is 5.11. The van der Waals surface area contributed by atoms with E-state index in [4.69, 9.17) is 4.74 Å². The molecule has 0 spiro atoms. The van der Waals surface area contributed by atoms with Gasteiger partial charge in [0.1, 0.15) is 0 Å². The quantitative estimate of drug-likeness (QED) is 0.759. The Hall–Kier alpha value is -0.610. The number of hydrogen-bond donors (Lipinski definition) is 1. The fourth-order valence-corrected chi connectivity index (χ4v) is 2.36. The molecule has 1 saturated heterocycles. The van der Waals surface area contributed by atoms with Crippen molar-refractivity contribution in [2.45, 2.75) is 39.3 Å². The summed E-state index contributed by atoms with van der Waals surface area (Å²) in [5, 5.41) is 3.29. The molecule has 94 valence electrons. The van der Waals surface area contributed by atoms with Crippen molar-refractivity contribution in [2.24, 2.45) is 5.92 Å². The molecule has 0 radical (unpaired) electrons. The van der Waals surface area contributed by atoms with Gasteiger partial charge in [-0.3, -0.25) is 4.79 Å². The summed E-state index contributed by atoms with van der Waals surface area (Å²) in [6, 6.07) is 0.149. The maximum absolute atomic E-state index is 12.3. The Bertz CT molecular complexity index is 233. The third-order valence-electron chi connectivity index (χ3n) is 3.36. The summed E-state index contributed by atoms with van der Waals surface area (Å²) >= 11 is 0. The predicted octanol–water partition coefficient (Wildman–Crippen LogP) is 0.868. The highest BCUT2D eigenvalue weighted by Crippen LogP contribution is 2.17. The fraction of sp³-hybridized carbons (Fsp3) is 0.917. The molecule has 0 aromatic rings. The second kappa shape index (κ2) is 6.21. The molecule has 0 aromatic carbocycles. The molecule has 1 fully saturated rings. The zero-order valence-corrected chi connectivity index (χ0v) is 10.8. The maximum Gasteiger partial charge on any atom is 0.240 e. The molecule has 0 aliphatic carbocycles. The minimum atomic E-state index is -0.000689. The molecule has 1 heterocycles. The average molecular weight is 228 g/mol. The lowest BCUT2D eigenvalue weighted by Gasteiger charge is -2.31. The minimum absolute atomic E-state index is 0.000689. The first kappa shape index (κ1) is 13.5. The Morgan fingerprint density at radius 2 is 2.31 bits per heavy atom. The van der Waals surface area contributed by atoms with Crippen molar-refractivity contribution < 1.29 is 9.53 Å². The largest absolute Gasteiger partial charge is 0.383 e. The number of nitrogens with one attached hydrogen (secondary N) is 1. The van der Waals surface area contributed by atoms with Gasteiger partial charge in [-0.2, -0.15) is 0 Å². The lowest BCUT2D eigenvalue weighted by atomic mass is 10.0. The Morgan fingerprint density at radius 1 is 1.62 bits per heavy atom. The van der Waals surface area contributed by atoms with Crippen molar-refractivity contribution in [1.29, 1.82) is 0 Å². The van der Waals surface area contributed by atoms with Gasteiger partial charge in [-0.25, -0.2) is 0 Å². The molecule has 4 nitrogen and oxygen atoms in total. The molecule has 3 unspecified atom stereocenters. The number of methoxy groups -OCH3 is 1. The molecule has 1 rings (SSSR count). The highest BCUT2D eigenvalue weighted by molar-refractivity contribution is 5.82. The number of amides is 1. The molecule has 4 heteroatoms. The highest BCUT2D eigenvalue weighted by atomic mass is 16.5. The van der Waals surface area contributed by atoms with Crippen LogP contribution in [0, 0.1) is 5.92 Å². The number of hydrogen-bond acceptors (Lipinski definition) is 3. The number of carbonyl (C=O) groups is 1. The standard InChI is InChI=1S/C12H24N2O2/c1-5-14(10(3)8-16-4)12(15)11-9(2)6-7-13-11/h9-11,13H,5-8H2,1-4H3. The van der Waals surface area contributed by atoms with E-state index >= 15 is 0 Å². The van der Waals surface area contributed by atoms with Gasteiger partial charge in [0.05, 0.1) is 18.7 Å². The molecular formula is C12H24N2O2. The summed E-state index contributed by atoms with van der Waals surface area (Å²) in [5.74, 6) is 0.661. The van der Waals surface area contributed by atoms with Gasteiger partial charge in [0, 0.05) is 13.7 Å². The summed E-state index contributed by atoms with van der Waals surface area (Å²) in [4.78, 5) is 14.2. The van der Waals surface area contributed by atoms with E-state index in [9.17, 15) is 4.79 Å². The van der Waals surface area contributed by atoms with Gasteiger partial charge in [0.15, 0.2) is 0 Å². The Labute approximate surface area is 98.3 Å². The molecule has 0 bridgehead atoms. The highest BCUT2D eigenvalue weighted by Gasteiger charge is 2.33. The molecule has 1 aliphatic heterocycles. The van der Waals surface area contributed by atoms with E-state index in [2.05, 4.69) is 12.2 Å². The fourth-order valence-electron chi connectivity index (χ4n) is 2.36. The first-order valence-electron chi connectivity index (χ1n) is 6.14. The Kier molecular flexibility index (Phi) is 5.22. The molecule has 1 amide bonds. The van der Waals surface area contributed by atoms with Crippen molar-refractivity contribution in [3.05, 3.63) is 0 Å². The van der Waals surface area contributed by atoms with Gasteiger partial charge in [0.2, 0.25) is 5.91 Å². The van der Waals surface area contributed by atoms with E-state index in [1.807, 2.05) is 18.7 Å². The molecule has 1 N–H and O–H groups in total. The topological polar surface area (TPSA) is 41.6 Å². The van der Waals surface area contributed by atoms with E-state index in [-0.39, 0.29) is 18.0 Å². The second-order valence-corrected chi connectivity index (χ2v) is 4.63. The number of likely N-dealkylation sites (N-methyl/N-ethyl adjacent to an activating group) is 1. The number of carbonyl (C=O) groups excluding carboxylic acids is 1. The number of ether oxygens (including phenoxy) is 1. The smallest absolute Gasteiger partial charge is 0.240 e. The van der Waals surface area contributed by atoms with E-state index in [1.165, 1.54) is 0 Å². The third-order valence-corrected chi connectivity index (χ3v) is 3.36. The van der Waals surface area contributed by atoms with E-state index in [1.54, 1.807) is 7.11 Å². The van der Waals surface area contributed by atoms with Crippen molar-refractivity contribution >= 4 is 5.91 Å². The summed E-state index contributed by atoms with van der Waals surface area (Å²) in [7, 11) is 1.67. The molecule has 0 saturated carbocycles. The van der Waals surface area contributed by atoms with Crippen LogP contribution in [0.3, 0.4) is 0 Å². The van der Waals surface area contributed by atoms with Gasteiger partial charge in [0.25, 0.3) is 0 Å². The van der Waals surface area contributed by atoms with Crippen LogP contribution in [0.1, 0.15) is 27.2 Å². The van der Waals surface area contributed by atoms with Crippen molar-refractivity contribution in [3.8, 4) is 0 Å². The lowest BCUT2D eigenvalue weighted by Crippen LogP contribution is -2.50. The molecule has 1 aliphatic rings. The first-order chi connectivity index (χ1) is 7.61. The zero-order chi connectivity index (χ0) is 12.1. The first-order valence-corrected chi connectivity index (χ1v) is 6.14. The second-order valence-electron chi connectivity index (χ2n) is 4.63. The van der Waals surface area contributed by atoms with Crippen molar-refractivity contribution in [2.75, 3.05) is 26.8 Å². The number of rotatable bonds is 5. The van der Waals surface area contributed by atoms with Crippen LogP contribution >= 0.6 is 0 Å². The van der Waals surface area contributed by atoms with E-state index in [0.717, 1.165) is 19.5 Å². The summed E-state index contributed by atoms with van der Waals surface area (Å²) in [6.45, 7) is 8.48.